The lowest BCUT2D eigenvalue weighted by molar-refractivity contribution is 0.913. The Kier molecular flexibility index (Phi) is 2.73. The number of guanidine groups is 1. The van der Waals surface area contributed by atoms with Gasteiger partial charge >= 0.3 is 0 Å². The fourth-order valence-electron chi connectivity index (χ4n) is 2.17. The third kappa shape index (κ3) is 2.00. The van der Waals surface area contributed by atoms with E-state index in [4.69, 9.17) is 11.6 Å². The van der Waals surface area contributed by atoms with Crippen molar-refractivity contribution in [2.45, 2.75) is 12.8 Å². The van der Waals surface area contributed by atoms with E-state index in [9.17, 15) is 0 Å². The lowest BCUT2D eigenvalue weighted by Gasteiger charge is -2.03. The number of fused-ring (bicyclic) bond motifs is 1. The smallest absolute Gasteiger partial charge is 0.212 e. The zero-order chi connectivity index (χ0) is 11.7. The molecule has 2 aliphatic rings. The minimum absolute atomic E-state index is 0.757. The van der Waals surface area contributed by atoms with E-state index in [0.29, 0.717) is 0 Å². The molecule has 5 heteroatoms. The van der Waals surface area contributed by atoms with Gasteiger partial charge < -0.3 is 5.32 Å². The van der Waals surface area contributed by atoms with Gasteiger partial charge in [-0.05, 0) is 24.5 Å². The highest BCUT2D eigenvalue weighted by atomic mass is 35.5. The SMILES string of the molecule is Clc1cccc2c1CCC2=NNC1=NCCN1. The zero-order valence-corrected chi connectivity index (χ0v) is 10.1. The molecular formula is C12H13ClN4. The number of nitrogens with one attached hydrogen (secondary N) is 2. The lowest BCUT2D eigenvalue weighted by Crippen LogP contribution is -2.30. The summed E-state index contributed by atoms with van der Waals surface area (Å²) >= 11 is 6.15. The van der Waals surface area contributed by atoms with Gasteiger partial charge in [-0.3, -0.25) is 0 Å². The second-order valence-electron chi connectivity index (χ2n) is 4.09. The summed E-state index contributed by atoms with van der Waals surface area (Å²) in [6.07, 6.45) is 1.90. The van der Waals surface area contributed by atoms with Crippen molar-refractivity contribution in [2.24, 2.45) is 10.1 Å². The Hall–Kier alpha value is -1.55. The van der Waals surface area contributed by atoms with Gasteiger partial charge in [0.2, 0.25) is 5.96 Å². The van der Waals surface area contributed by atoms with Crippen LogP contribution in [-0.4, -0.2) is 24.8 Å². The Morgan fingerprint density at radius 2 is 2.29 bits per heavy atom. The quantitative estimate of drug-likeness (QED) is 0.741. The maximum atomic E-state index is 6.15. The van der Waals surface area contributed by atoms with Crippen molar-refractivity contribution in [3.8, 4) is 0 Å². The van der Waals surface area contributed by atoms with Crippen molar-refractivity contribution in [3.63, 3.8) is 0 Å². The molecule has 3 rings (SSSR count). The van der Waals surface area contributed by atoms with Crippen LogP contribution in [0.3, 0.4) is 0 Å². The highest BCUT2D eigenvalue weighted by molar-refractivity contribution is 6.32. The summed E-state index contributed by atoms with van der Waals surface area (Å²) in [5.41, 5.74) is 6.38. The summed E-state index contributed by atoms with van der Waals surface area (Å²) in [6, 6.07) is 5.96. The highest BCUT2D eigenvalue weighted by Crippen LogP contribution is 2.28. The molecule has 0 atom stereocenters. The molecule has 1 heterocycles. The Bertz CT molecular complexity index is 507. The molecule has 0 fully saturated rings. The van der Waals surface area contributed by atoms with Gasteiger partial charge in [0.1, 0.15) is 0 Å². The van der Waals surface area contributed by atoms with Crippen LogP contribution in [0.5, 0.6) is 0 Å². The number of hydrazone groups is 1. The molecule has 0 amide bonds. The maximum absolute atomic E-state index is 6.15. The molecule has 1 aromatic carbocycles. The Labute approximate surface area is 105 Å². The molecule has 0 saturated carbocycles. The van der Waals surface area contributed by atoms with Crippen molar-refractivity contribution >= 4 is 23.3 Å². The Balaban J connectivity index is 1.83. The first kappa shape index (κ1) is 10.6. The molecule has 0 unspecified atom stereocenters. The number of aliphatic imine (C=N–C) groups is 1. The van der Waals surface area contributed by atoms with Gasteiger partial charge in [-0.15, -0.1) is 0 Å². The van der Waals surface area contributed by atoms with Crippen LogP contribution in [0, 0.1) is 0 Å². The fourth-order valence-corrected chi connectivity index (χ4v) is 2.44. The van der Waals surface area contributed by atoms with Gasteiger partial charge in [0, 0.05) is 17.1 Å². The molecule has 0 saturated heterocycles. The van der Waals surface area contributed by atoms with E-state index in [1.54, 1.807) is 0 Å². The highest BCUT2D eigenvalue weighted by Gasteiger charge is 2.20. The average molecular weight is 249 g/mol. The number of hydrogen-bond acceptors (Lipinski definition) is 4. The number of benzene rings is 1. The molecule has 4 nitrogen and oxygen atoms in total. The number of hydrogen-bond donors (Lipinski definition) is 2. The van der Waals surface area contributed by atoms with Crippen LogP contribution in [-0.2, 0) is 6.42 Å². The summed E-state index contributed by atoms with van der Waals surface area (Å²) in [5, 5.41) is 8.36. The molecule has 2 N–H and O–H groups in total. The first-order valence-corrected chi connectivity index (χ1v) is 6.11. The number of halogens is 1. The third-order valence-corrected chi connectivity index (χ3v) is 3.37. The number of rotatable bonds is 1. The fraction of sp³-hybridized carbons (Fsp3) is 0.333. The maximum Gasteiger partial charge on any atom is 0.212 e. The van der Waals surface area contributed by atoms with Crippen molar-refractivity contribution in [1.82, 2.24) is 10.7 Å². The standard InChI is InChI=1S/C12H13ClN4/c13-10-3-1-2-9-8(10)4-5-11(9)16-17-12-14-6-7-15-12/h1-3H,4-7H2,(H2,14,15,17). The minimum atomic E-state index is 0.757. The third-order valence-electron chi connectivity index (χ3n) is 3.01. The van der Waals surface area contributed by atoms with E-state index >= 15 is 0 Å². The monoisotopic (exact) mass is 248 g/mol. The lowest BCUT2D eigenvalue weighted by atomic mass is 10.1. The molecule has 88 valence electrons. The summed E-state index contributed by atoms with van der Waals surface area (Å²) in [5.74, 6) is 0.757. The molecule has 0 radical (unpaired) electrons. The van der Waals surface area contributed by atoms with Crippen LogP contribution in [0.15, 0.2) is 28.3 Å². The number of nitrogens with zero attached hydrogens (tertiary/aromatic N) is 2. The van der Waals surface area contributed by atoms with Gasteiger partial charge in [-0.2, -0.15) is 5.10 Å². The van der Waals surface area contributed by atoms with Gasteiger partial charge in [0.25, 0.3) is 0 Å². The van der Waals surface area contributed by atoms with E-state index in [1.165, 1.54) is 5.56 Å². The second kappa shape index (κ2) is 4.37. The predicted molar refractivity (Wildman–Crippen MR) is 69.8 cm³/mol. The Morgan fingerprint density at radius 3 is 3.12 bits per heavy atom. The van der Waals surface area contributed by atoms with E-state index in [-0.39, 0.29) is 0 Å². The summed E-state index contributed by atoms with van der Waals surface area (Å²) < 4.78 is 0. The normalized spacial score (nSPS) is 20.1. The zero-order valence-electron chi connectivity index (χ0n) is 9.33. The van der Waals surface area contributed by atoms with E-state index in [1.807, 2.05) is 12.1 Å². The molecule has 1 aromatic rings. The summed E-state index contributed by atoms with van der Waals surface area (Å²) in [7, 11) is 0. The molecule has 17 heavy (non-hydrogen) atoms. The van der Waals surface area contributed by atoms with Gasteiger partial charge in [-0.1, -0.05) is 23.7 Å². The second-order valence-corrected chi connectivity index (χ2v) is 4.50. The molecule has 1 aliphatic carbocycles. The van der Waals surface area contributed by atoms with Crippen molar-refractivity contribution in [3.05, 3.63) is 34.3 Å². The molecule has 1 aliphatic heterocycles. The van der Waals surface area contributed by atoms with E-state index in [2.05, 4.69) is 26.9 Å². The van der Waals surface area contributed by atoms with Crippen LogP contribution >= 0.6 is 11.6 Å². The molecule has 0 bridgehead atoms. The van der Waals surface area contributed by atoms with Gasteiger partial charge in [0.05, 0.1) is 12.3 Å². The van der Waals surface area contributed by atoms with Crippen molar-refractivity contribution in [1.29, 1.82) is 0 Å². The average Bonchev–Trinajstić information content (AvgIpc) is 2.95. The summed E-state index contributed by atoms with van der Waals surface area (Å²) in [4.78, 5) is 4.23. The summed E-state index contributed by atoms with van der Waals surface area (Å²) in [6.45, 7) is 1.70. The van der Waals surface area contributed by atoms with Crippen molar-refractivity contribution < 1.29 is 0 Å². The first-order chi connectivity index (χ1) is 8.34. The van der Waals surface area contributed by atoms with Crippen LogP contribution < -0.4 is 10.7 Å². The minimum Gasteiger partial charge on any atom is -0.353 e. The molecule has 0 spiro atoms. The molecule has 0 aromatic heterocycles. The van der Waals surface area contributed by atoms with Gasteiger partial charge in [0.15, 0.2) is 0 Å². The van der Waals surface area contributed by atoms with Crippen LogP contribution in [0.25, 0.3) is 0 Å². The van der Waals surface area contributed by atoms with E-state index < -0.39 is 0 Å². The van der Waals surface area contributed by atoms with Crippen molar-refractivity contribution in [2.75, 3.05) is 13.1 Å². The predicted octanol–water partition coefficient (Wildman–Crippen LogP) is 1.54. The topological polar surface area (TPSA) is 48.8 Å². The van der Waals surface area contributed by atoms with Crippen LogP contribution in [0.4, 0.5) is 0 Å². The Morgan fingerprint density at radius 1 is 1.35 bits per heavy atom. The largest absolute Gasteiger partial charge is 0.353 e. The molecular weight excluding hydrogens is 236 g/mol. The van der Waals surface area contributed by atoms with E-state index in [0.717, 1.165) is 48.2 Å². The van der Waals surface area contributed by atoms with Crippen LogP contribution in [0.1, 0.15) is 17.5 Å². The van der Waals surface area contributed by atoms with Gasteiger partial charge in [-0.25, -0.2) is 10.4 Å². The first-order valence-electron chi connectivity index (χ1n) is 5.73. The van der Waals surface area contributed by atoms with Crippen LogP contribution in [0.2, 0.25) is 5.02 Å².